The highest BCUT2D eigenvalue weighted by atomic mass is 32.2. The monoisotopic (exact) mass is 341 g/mol. The number of sulfonamides is 1. The van der Waals surface area contributed by atoms with Crippen LogP contribution >= 0.6 is 0 Å². The van der Waals surface area contributed by atoms with Crippen molar-refractivity contribution < 1.29 is 17.2 Å². The summed E-state index contributed by atoms with van der Waals surface area (Å²) in [6.07, 6.45) is 3.86. The van der Waals surface area contributed by atoms with Gasteiger partial charge in [0.2, 0.25) is 10.0 Å². The molecular formula is C15H17F2N3O2S. The highest BCUT2D eigenvalue weighted by Gasteiger charge is 2.25. The van der Waals surface area contributed by atoms with Gasteiger partial charge >= 0.3 is 0 Å². The van der Waals surface area contributed by atoms with E-state index in [4.69, 9.17) is 0 Å². The van der Waals surface area contributed by atoms with E-state index in [1.807, 2.05) is 7.05 Å². The Kier molecular flexibility index (Phi) is 4.20. The van der Waals surface area contributed by atoms with E-state index in [-0.39, 0.29) is 6.54 Å². The van der Waals surface area contributed by atoms with Crippen molar-refractivity contribution in [3.8, 4) is 0 Å². The summed E-state index contributed by atoms with van der Waals surface area (Å²) in [5.41, 5.74) is 2.75. The molecule has 0 amide bonds. The second kappa shape index (κ2) is 6.01. The zero-order valence-electron chi connectivity index (χ0n) is 12.6. The van der Waals surface area contributed by atoms with Crippen molar-refractivity contribution in [2.24, 2.45) is 7.05 Å². The lowest BCUT2D eigenvalue weighted by Crippen LogP contribution is -2.26. The van der Waals surface area contributed by atoms with Crippen molar-refractivity contribution in [2.45, 2.75) is 37.1 Å². The van der Waals surface area contributed by atoms with Crippen LogP contribution in [0.5, 0.6) is 0 Å². The molecule has 1 N–H and O–H groups in total. The first-order chi connectivity index (χ1) is 10.9. The van der Waals surface area contributed by atoms with Crippen LogP contribution in [0.3, 0.4) is 0 Å². The molecule has 1 aliphatic rings. The number of hydrogen-bond acceptors (Lipinski definition) is 3. The van der Waals surface area contributed by atoms with Crippen LogP contribution in [0.15, 0.2) is 23.1 Å². The van der Waals surface area contributed by atoms with Gasteiger partial charge in [-0.2, -0.15) is 5.10 Å². The molecule has 0 fully saturated rings. The second-order valence-electron chi connectivity index (χ2n) is 5.58. The highest BCUT2D eigenvalue weighted by molar-refractivity contribution is 7.89. The third-order valence-corrected chi connectivity index (χ3v) is 5.52. The SMILES string of the molecule is Cn1nc(CNS(=O)(=O)c2c(F)cccc2F)c2c1CCCC2. The van der Waals surface area contributed by atoms with Crippen molar-refractivity contribution in [3.63, 3.8) is 0 Å². The molecule has 3 rings (SSSR count). The number of hydrogen-bond donors (Lipinski definition) is 1. The number of rotatable bonds is 4. The molecule has 5 nitrogen and oxygen atoms in total. The predicted octanol–water partition coefficient (Wildman–Crippen LogP) is 2.06. The number of aromatic nitrogens is 2. The summed E-state index contributed by atoms with van der Waals surface area (Å²) in [5, 5.41) is 4.34. The van der Waals surface area contributed by atoms with Crippen LogP contribution in [0, 0.1) is 11.6 Å². The zero-order valence-corrected chi connectivity index (χ0v) is 13.5. The summed E-state index contributed by atoms with van der Waals surface area (Å²) < 4.78 is 55.7. The lowest BCUT2D eigenvalue weighted by atomic mass is 9.96. The van der Waals surface area contributed by atoms with Crippen LogP contribution in [0.2, 0.25) is 0 Å². The van der Waals surface area contributed by atoms with E-state index in [9.17, 15) is 17.2 Å². The van der Waals surface area contributed by atoms with Crippen LogP contribution in [0.25, 0.3) is 0 Å². The maximum Gasteiger partial charge on any atom is 0.246 e. The summed E-state index contributed by atoms with van der Waals surface area (Å²) in [7, 11) is -2.47. The van der Waals surface area contributed by atoms with Gasteiger partial charge in [-0.25, -0.2) is 21.9 Å². The van der Waals surface area contributed by atoms with Crippen molar-refractivity contribution >= 4 is 10.0 Å². The molecule has 1 heterocycles. The van der Waals surface area contributed by atoms with Crippen LogP contribution in [0.1, 0.15) is 29.8 Å². The maximum absolute atomic E-state index is 13.7. The van der Waals surface area contributed by atoms with Gasteiger partial charge in [-0.15, -0.1) is 0 Å². The number of nitrogens with one attached hydrogen (secondary N) is 1. The van der Waals surface area contributed by atoms with Gasteiger partial charge in [0.05, 0.1) is 12.2 Å². The summed E-state index contributed by atoms with van der Waals surface area (Å²) in [4.78, 5) is -0.954. The normalized spacial score (nSPS) is 14.7. The lowest BCUT2D eigenvalue weighted by molar-refractivity contribution is 0.513. The van der Waals surface area contributed by atoms with E-state index in [1.165, 1.54) is 0 Å². The second-order valence-corrected chi connectivity index (χ2v) is 7.28. The predicted molar refractivity (Wildman–Crippen MR) is 80.2 cm³/mol. The minimum absolute atomic E-state index is 0.0840. The highest BCUT2D eigenvalue weighted by Crippen LogP contribution is 2.24. The fourth-order valence-electron chi connectivity index (χ4n) is 2.98. The van der Waals surface area contributed by atoms with Gasteiger partial charge < -0.3 is 0 Å². The molecule has 23 heavy (non-hydrogen) atoms. The molecule has 2 aromatic rings. The molecule has 0 bridgehead atoms. The Morgan fingerprint density at radius 2 is 1.87 bits per heavy atom. The number of nitrogens with zero attached hydrogens (tertiary/aromatic N) is 2. The molecule has 0 atom stereocenters. The molecule has 0 unspecified atom stereocenters. The van der Waals surface area contributed by atoms with Gasteiger partial charge in [-0.05, 0) is 43.4 Å². The summed E-state index contributed by atoms with van der Waals surface area (Å²) >= 11 is 0. The summed E-state index contributed by atoms with van der Waals surface area (Å²) in [6, 6.07) is 2.96. The third kappa shape index (κ3) is 3.00. The van der Waals surface area contributed by atoms with Gasteiger partial charge in [0.1, 0.15) is 11.6 Å². The Morgan fingerprint density at radius 3 is 2.57 bits per heavy atom. The van der Waals surface area contributed by atoms with E-state index >= 15 is 0 Å². The number of benzene rings is 1. The van der Waals surface area contributed by atoms with Crippen molar-refractivity contribution in [3.05, 3.63) is 46.8 Å². The van der Waals surface area contributed by atoms with Gasteiger partial charge in [-0.1, -0.05) is 6.07 Å². The fraction of sp³-hybridized carbons (Fsp3) is 0.400. The van der Waals surface area contributed by atoms with Crippen LogP contribution in [-0.2, 0) is 36.5 Å². The minimum Gasteiger partial charge on any atom is -0.272 e. The first-order valence-electron chi connectivity index (χ1n) is 7.37. The molecule has 0 radical (unpaired) electrons. The molecule has 0 spiro atoms. The average Bonchev–Trinajstić information content (AvgIpc) is 2.82. The van der Waals surface area contributed by atoms with Gasteiger partial charge in [0.25, 0.3) is 0 Å². The smallest absolute Gasteiger partial charge is 0.246 e. The van der Waals surface area contributed by atoms with Crippen LogP contribution in [-0.4, -0.2) is 18.2 Å². The molecule has 8 heteroatoms. The Morgan fingerprint density at radius 1 is 1.22 bits per heavy atom. The molecule has 1 aliphatic carbocycles. The Hall–Kier alpha value is -1.80. The van der Waals surface area contributed by atoms with E-state index < -0.39 is 26.6 Å². The zero-order chi connectivity index (χ0) is 16.6. The Balaban J connectivity index is 1.86. The van der Waals surface area contributed by atoms with Crippen molar-refractivity contribution in [1.29, 1.82) is 0 Å². The first kappa shape index (κ1) is 16.1. The van der Waals surface area contributed by atoms with Crippen molar-refractivity contribution in [2.75, 3.05) is 0 Å². The van der Waals surface area contributed by atoms with E-state index in [0.29, 0.717) is 5.69 Å². The van der Waals surface area contributed by atoms with E-state index in [2.05, 4.69) is 9.82 Å². The van der Waals surface area contributed by atoms with E-state index in [1.54, 1.807) is 4.68 Å². The quantitative estimate of drug-likeness (QED) is 0.926. The van der Waals surface area contributed by atoms with Crippen LogP contribution < -0.4 is 4.72 Å². The number of halogens is 2. The third-order valence-electron chi connectivity index (χ3n) is 4.07. The molecular weight excluding hydrogens is 324 g/mol. The van der Waals surface area contributed by atoms with Gasteiger partial charge in [0.15, 0.2) is 4.90 Å². The van der Waals surface area contributed by atoms with Crippen molar-refractivity contribution in [1.82, 2.24) is 14.5 Å². The molecule has 0 saturated heterocycles. The molecule has 0 saturated carbocycles. The molecule has 124 valence electrons. The Bertz CT molecular complexity index is 826. The largest absolute Gasteiger partial charge is 0.272 e. The van der Waals surface area contributed by atoms with Gasteiger partial charge in [-0.3, -0.25) is 4.68 Å². The summed E-state index contributed by atoms with van der Waals surface area (Å²) in [6.45, 7) is -0.0840. The standard InChI is InChI=1S/C15H17F2N3O2S/c1-20-14-8-3-2-5-10(14)13(19-20)9-18-23(21,22)15-11(16)6-4-7-12(15)17/h4,6-7,18H,2-3,5,8-9H2,1H3. The summed E-state index contributed by atoms with van der Waals surface area (Å²) in [5.74, 6) is -2.22. The van der Waals surface area contributed by atoms with Gasteiger partial charge in [0, 0.05) is 12.7 Å². The first-order valence-corrected chi connectivity index (χ1v) is 8.86. The maximum atomic E-state index is 13.7. The fourth-order valence-corrected chi connectivity index (χ4v) is 4.10. The van der Waals surface area contributed by atoms with E-state index in [0.717, 1.165) is 55.1 Å². The van der Waals surface area contributed by atoms with Crippen LogP contribution in [0.4, 0.5) is 8.78 Å². The molecule has 1 aromatic carbocycles. The number of fused-ring (bicyclic) bond motifs is 1. The minimum atomic E-state index is -4.29. The number of aryl methyl sites for hydroxylation is 1. The topological polar surface area (TPSA) is 64.0 Å². The lowest BCUT2D eigenvalue weighted by Gasteiger charge is -2.13. The Labute approximate surface area is 133 Å². The molecule has 0 aliphatic heterocycles. The average molecular weight is 341 g/mol. The molecule has 1 aromatic heterocycles.